The molecule has 98 valence electrons. The molecule has 1 amide bonds. The van der Waals surface area contributed by atoms with Gasteiger partial charge in [-0.2, -0.15) is 0 Å². The second-order valence-electron chi connectivity index (χ2n) is 5.31. The van der Waals surface area contributed by atoms with Gasteiger partial charge in [0.1, 0.15) is 6.54 Å². The van der Waals surface area contributed by atoms with Crippen LogP contribution in [0, 0.1) is 5.92 Å². The first-order valence-electron chi connectivity index (χ1n) is 6.09. The van der Waals surface area contributed by atoms with Gasteiger partial charge in [-0.3, -0.25) is 14.5 Å². The molecule has 5 nitrogen and oxygen atoms in total. The zero-order valence-electron chi connectivity index (χ0n) is 10.8. The van der Waals surface area contributed by atoms with E-state index >= 15 is 0 Å². The summed E-state index contributed by atoms with van der Waals surface area (Å²) in [7, 11) is 0. The van der Waals surface area contributed by atoms with Crippen molar-refractivity contribution in [2.45, 2.75) is 39.2 Å². The minimum atomic E-state index is -1.01. The number of carbonyl (C=O) groups excluding carboxylic acids is 1. The quantitative estimate of drug-likeness (QED) is 0.761. The van der Waals surface area contributed by atoms with Gasteiger partial charge >= 0.3 is 5.97 Å². The van der Waals surface area contributed by atoms with Crippen molar-refractivity contribution in [3.63, 3.8) is 0 Å². The fourth-order valence-electron chi connectivity index (χ4n) is 2.08. The van der Waals surface area contributed by atoms with Crippen LogP contribution in [0.1, 0.15) is 33.6 Å². The maximum atomic E-state index is 11.9. The molecule has 0 atom stereocenters. The smallest absolute Gasteiger partial charge is 0.322 e. The highest BCUT2D eigenvalue weighted by Gasteiger charge is 2.36. The summed E-state index contributed by atoms with van der Waals surface area (Å²) < 4.78 is 0. The number of nitrogens with one attached hydrogen (secondary N) is 1. The van der Waals surface area contributed by atoms with Crippen molar-refractivity contribution < 1.29 is 14.7 Å². The summed E-state index contributed by atoms with van der Waals surface area (Å²) in [6.45, 7) is 7.39. The summed E-state index contributed by atoms with van der Waals surface area (Å²) in [6, 6.07) is 0. The number of carboxylic acid groups (broad SMARTS) is 1. The average molecular weight is 242 g/mol. The van der Waals surface area contributed by atoms with Crippen LogP contribution in [0.5, 0.6) is 0 Å². The Morgan fingerprint density at radius 2 is 1.88 bits per heavy atom. The van der Waals surface area contributed by atoms with E-state index in [9.17, 15) is 9.59 Å². The lowest BCUT2D eigenvalue weighted by molar-refractivity contribution is -0.140. The average Bonchev–Trinajstić information content (AvgIpc) is 2.26. The second-order valence-corrected chi connectivity index (χ2v) is 5.31. The van der Waals surface area contributed by atoms with Crippen LogP contribution in [0.3, 0.4) is 0 Å². The number of amides is 1. The molecule has 0 aliphatic carbocycles. The number of aliphatic carboxylic acids is 1. The van der Waals surface area contributed by atoms with Crippen molar-refractivity contribution in [3.05, 3.63) is 0 Å². The molecule has 2 N–H and O–H groups in total. The Morgan fingerprint density at radius 1 is 1.35 bits per heavy atom. The molecule has 1 saturated heterocycles. The third-order valence-electron chi connectivity index (χ3n) is 3.53. The van der Waals surface area contributed by atoms with E-state index in [0.29, 0.717) is 5.92 Å². The highest BCUT2D eigenvalue weighted by Crippen LogP contribution is 2.23. The summed E-state index contributed by atoms with van der Waals surface area (Å²) in [5.74, 6) is -0.514. The zero-order chi connectivity index (χ0) is 13.1. The molecule has 1 heterocycles. The fourth-order valence-corrected chi connectivity index (χ4v) is 2.08. The van der Waals surface area contributed by atoms with E-state index in [2.05, 4.69) is 17.1 Å². The summed E-state index contributed by atoms with van der Waals surface area (Å²) >= 11 is 0. The molecule has 5 heteroatoms. The van der Waals surface area contributed by atoms with Gasteiger partial charge in [0, 0.05) is 0 Å². The van der Waals surface area contributed by atoms with Crippen molar-refractivity contribution >= 4 is 11.9 Å². The Balaban J connectivity index is 2.54. The highest BCUT2D eigenvalue weighted by atomic mass is 16.4. The van der Waals surface area contributed by atoms with Gasteiger partial charge in [0.05, 0.1) is 5.54 Å². The molecule has 0 bridgehead atoms. The molecule has 0 aromatic carbocycles. The number of nitrogens with zero attached hydrogens (tertiary/aromatic N) is 1. The molecule has 1 aliphatic rings. The molecular weight excluding hydrogens is 220 g/mol. The SMILES string of the molecule is CC1CCN(C(C)(C)C(=O)NCC(=O)O)CC1. The second kappa shape index (κ2) is 5.49. The van der Waals surface area contributed by atoms with E-state index in [-0.39, 0.29) is 12.5 Å². The van der Waals surface area contributed by atoms with Crippen molar-refractivity contribution in [1.82, 2.24) is 10.2 Å². The first kappa shape index (κ1) is 14.0. The zero-order valence-corrected chi connectivity index (χ0v) is 10.8. The molecule has 17 heavy (non-hydrogen) atoms. The van der Waals surface area contributed by atoms with Crippen LogP contribution in [0.2, 0.25) is 0 Å². The molecule has 0 aromatic heterocycles. The number of piperidine rings is 1. The molecular formula is C12H22N2O3. The van der Waals surface area contributed by atoms with Crippen LogP contribution in [-0.2, 0) is 9.59 Å². The molecule has 0 saturated carbocycles. The molecule has 0 radical (unpaired) electrons. The lowest BCUT2D eigenvalue weighted by atomic mass is 9.93. The van der Waals surface area contributed by atoms with Gasteiger partial charge in [0.25, 0.3) is 0 Å². The van der Waals surface area contributed by atoms with Crippen LogP contribution in [0.15, 0.2) is 0 Å². The molecule has 0 aromatic rings. The molecule has 1 aliphatic heterocycles. The molecule has 0 unspecified atom stereocenters. The van der Waals surface area contributed by atoms with Crippen LogP contribution < -0.4 is 5.32 Å². The van der Waals surface area contributed by atoms with Gasteiger partial charge in [0.2, 0.25) is 5.91 Å². The largest absolute Gasteiger partial charge is 0.480 e. The Kier molecular flexibility index (Phi) is 4.51. The minimum Gasteiger partial charge on any atom is -0.480 e. The Morgan fingerprint density at radius 3 is 2.35 bits per heavy atom. The van der Waals surface area contributed by atoms with Crippen molar-refractivity contribution in [3.8, 4) is 0 Å². The van der Waals surface area contributed by atoms with E-state index in [1.54, 1.807) is 0 Å². The van der Waals surface area contributed by atoms with E-state index in [4.69, 9.17) is 5.11 Å². The summed E-state index contributed by atoms with van der Waals surface area (Å²) in [5, 5.41) is 11.0. The monoisotopic (exact) mass is 242 g/mol. The number of carbonyl (C=O) groups is 2. The predicted molar refractivity (Wildman–Crippen MR) is 64.7 cm³/mol. The number of rotatable bonds is 4. The van der Waals surface area contributed by atoms with Crippen LogP contribution >= 0.6 is 0 Å². The molecule has 0 spiro atoms. The van der Waals surface area contributed by atoms with Crippen molar-refractivity contribution in [2.75, 3.05) is 19.6 Å². The van der Waals surface area contributed by atoms with Gasteiger partial charge in [-0.05, 0) is 45.7 Å². The van der Waals surface area contributed by atoms with Crippen LogP contribution in [0.4, 0.5) is 0 Å². The topological polar surface area (TPSA) is 69.6 Å². The van der Waals surface area contributed by atoms with Crippen LogP contribution in [0.25, 0.3) is 0 Å². The standard InChI is InChI=1S/C12H22N2O3/c1-9-4-6-14(7-5-9)12(2,3)11(17)13-8-10(15)16/h9H,4-8H2,1-3H3,(H,13,17)(H,15,16). The number of hydrogen-bond acceptors (Lipinski definition) is 3. The van der Waals surface area contributed by atoms with Gasteiger partial charge < -0.3 is 10.4 Å². The fraction of sp³-hybridized carbons (Fsp3) is 0.833. The van der Waals surface area contributed by atoms with E-state index < -0.39 is 11.5 Å². The third kappa shape index (κ3) is 3.70. The van der Waals surface area contributed by atoms with E-state index in [1.807, 2.05) is 13.8 Å². The number of likely N-dealkylation sites (tertiary alicyclic amines) is 1. The van der Waals surface area contributed by atoms with E-state index in [1.165, 1.54) is 0 Å². The van der Waals surface area contributed by atoms with Crippen molar-refractivity contribution in [2.24, 2.45) is 5.92 Å². The summed E-state index contributed by atoms with van der Waals surface area (Å²) in [5.41, 5.74) is -0.629. The minimum absolute atomic E-state index is 0.213. The third-order valence-corrected chi connectivity index (χ3v) is 3.53. The van der Waals surface area contributed by atoms with Gasteiger partial charge in [-0.25, -0.2) is 0 Å². The predicted octanol–water partition coefficient (Wildman–Crippen LogP) is 0.698. The molecule has 1 fully saturated rings. The van der Waals surface area contributed by atoms with Crippen molar-refractivity contribution in [1.29, 1.82) is 0 Å². The number of carboxylic acids is 1. The van der Waals surface area contributed by atoms with E-state index in [0.717, 1.165) is 25.9 Å². The lowest BCUT2D eigenvalue weighted by Crippen LogP contribution is -2.57. The Labute approximate surface area is 102 Å². The lowest BCUT2D eigenvalue weighted by Gasteiger charge is -2.41. The maximum absolute atomic E-state index is 11.9. The van der Waals surface area contributed by atoms with Crippen LogP contribution in [-0.4, -0.2) is 47.1 Å². The summed E-state index contributed by atoms with van der Waals surface area (Å²) in [4.78, 5) is 24.5. The normalized spacial score (nSPS) is 19.0. The van der Waals surface area contributed by atoms with Gasteiger partial charge in [-0.15, -0.1) is 0 Å². The van der Waals surface area contributed by atoms with Gasteiger partial charge in [0.15, 0.2) is 0 Å². The highest BCUT2D eigenvalue weighted by molar-refractivity contribution is 5.88. The first-order chi connectivity index (χ1) is 7.84. The van der Waals surface area contributed by atoms with Gasteiger partial charge in [-0.1, -0.05) is 6.92 Å². The Hall–Kier alpha value is -1.10. The maximum Gasteiger partial charge on any atom is 0.322 e. The first-order valence-corrected chi connectivity index (χ1v) is 6.09. The summed E-state index contributed by atoms with van der Waals surface area (Å²) in [6.07, 6.45) is 2.19. The molecule has 1 rings (SSSR count). The number of hydrogen-bond donors (Lipinski definition) is 2. The Bertz CT molecular complexity index is 294.